The van der Waals surface area contributed by atoms with Crippen LogP contribution in [0.25, 0.3) is 0 Å². The van der Waals surface area contributed by atoms with Gasteiger partial charge >= 0.3 is 0 Å². The third-order valence-corrected chi connectivity index (χ3v) is 8.59. The first kappa shape index (κ1) is 25.6. The number of aliphatic imine (C=N–C) groups is 1. The van der Waals surface area contributed by atoms with Crippen LogP contribution in [0, 0.1) is 0 Å². The Kier molecular flexibility index (Phi) is 6.98. The monoisotopic (exact) mass is 531 g/mol. The van der Waals surface area contributed by atoms with E-state index in [0.717, 1.165) is 5.57 Å². The third-order valence-electron chi connectivity index (χ3n) is 6.94. The Bertz CT molecular complexity index is 1440. The molecule has 10 heteroatoms. The van der Waals surface area contributed by atoms with Crippen molar-refractivity contribution in [3.8, 4) is 0 Å². The molecule has 38 heavy (non-hydrogen) atoms. The number of nitrogens with zero attached hydrogens (tertiary/aromatic N) is 4. The zero-order valence-electron chi connectivity index (χ0n) is 21.1. The Balaban J connectivity index is 1.24. The smallest absolute Gasteiger partial charge is 0.273 e. The molecular formula is C28H29N5O4S. The highest BCUT2D eigenvalue weighted by molar-refractivity contribution is 7.93. The minimum atomic E-state index is -3.78. The van der Waals surface area contributed by atoms with Gasteiger partial charge in [-0.15, -0.1) is 0 Å². The van der Waals surface area contributed by atoms with Crippen LogP contribution in [0.15, 0.2) is 89.6 Å². The molecule has 2 aliphatic heterocycles. The lowest BCUT2D eigenvalue weighted by Crippen LogP contribution is -2.59. The van der Waals surface area contributed by atoms with Gasteiger partial charge in [-0.3, -0.25) is 24.3 Å². The highest BCUT2D eigenvalue weighted by atomic mass is 32.2. The number of pyridine rings is 1. The molecule has 1 aliphatic carbocycles. The summed E-state index contributed by atoms with van der Waals surface area (Å²) in [4.78, 5) is 38.3. The number of carbonyl (C=O) groups is 2. The maximum Gasteiger partial charge on any atom is 0.273 e. The Morgan fingerprint density at radius 3 is 2.39 bits per heavy atom. The summed E-state index contributed by atoms with van der Waals surface area (Å²) < 4.78 is 28.9. The van der Waals surface area contributed by atoms with Crippen LogP contribution in [0.4, 0.5) is 5.69 Å². The van der Waals surface area contributed by atoms with Gasteiger partial charge in [0.15, 0.2) is 0 Å². The van der Waals surface area contributed by atoms with Crippen molar-refractivity contribution in [3.05, 3.63) is 95.9 Å². The fourth-order valence-electron chi connectivity index (χ4n) is 5.17. The summed E-state index contributed by atoms with van der Waals surface area (Å²) in [5.41, 5.74) is 2.04. The number of hydrogen-bond donors (Lipinski definition) is 1. The van der Waals surface area contributed by atoms with Gasteiger partial charge in [0, 0.05) is 48.8 Å². The number of aromatic nitrogens is 1. The number of dihydropyridines is 1. The first-order valence-electron chi connectivity index (χ1n) is 12.5. The molecule has 1 fully saturated rings. The highest BCUT2D eigenvalue weighted by Crippen LogP contribution is 2.27. The normalized spacial score (nSPS) is 24.5. The van der Waals surface area contributed by atoms with Crippen LogP contribution in [0.2, 0.25) is 0 Å². The second-order valence-electron chi connectivity index (χ2n) is 9.68. The van der Waals surface area contributed by atoms with Crippen LogP contribution in [0.5, 0.6) is 0 Å². The van der Waals surface area contributed by atoms with Crippen molar-refractivity contribution >= 4 is 33.7 Å². The number of fused-ring (bicyclic) bond motifs is 1. The number of rotatable bonds is 5. The van der Waals surface area contributed by atoms with E-state index in [4.69, 9.17) is 0 Å². The van der Waals surface area contributed by atoms with Gasteiger partial charge < -0.3 is 9.80 Å². The number of amides is 2. The molecule has 0 radical (unpaired) electrons. The Morgan fingerprint density at radius 1 is 0.974 bits per heavy atom. The summed E-state index contributed by atoms with van der Waals surface area (Å²) in [5, 5.41) is -0.835. The van der Waals surface area contributed by atoms with E-state index in [1.54, 1.807) is 82.9 Å². The lowest BCUT2D eigenvalue weighted by molar-refractivity contribution is 0.0251. The molecule has 1 aromatic heterocycles. The van der Waals surface area contributed by atoms with Crippen LogP contribution >= 0.6 is 0 Å². The number of nitrogens with one attached hydrogen (secondary N) is 1. The molecule has 2 amide bonds. The fourth-order valence-corrected chi connectivity index (χ4v) is 6.64. The number of carbonyl (C=O) groups excluding carboxylic acids is 2. The molecule has 0 bridgehead atoms. The van der Waals surface area contributed by atoms with Crippen molar-refractivity contribution in [1.82, 2.24) is 14.8 Å². The third kappa shape index (κ3) is 5.04. The average molecular weight is 532 g/mol. The predicted octanol–water partition coefficient (Wildman–Crippen LogP) is 3.07. The number of hydrogen-bond acceptors (Lipinski definition) is 6. The number of anilines is 1. The molecule has 3 aliphatic rings. The van der Waals surface area contributed by atoms with Crippen molar-refractivity contribution in [3.63, 3.8) is 0 Å². The summed E-state index contributed by atoms with van der Waals surface area (Å²) in [6.07, 6.45) is 12.1. The van der Waals surface area contributed by atoms with Gasteiger partial charge in [-0.05, 0) is 61.9 Å². The summed E-state index contributed by atoms with van der Waals surface area (Å²) in [5.74, 6) is -0.323. The standard InChI is InChI=1S/C28H29N5O4S/c1-19-17-32(18-20(2)33(19)28(35)24-9-3-4-15-29-24)27(34)22-11-13-23(14-12-22)31-38(36,37)25-10-5-7-21-8-6-16-30-26(21)25/h3-16,19-20,25-26,31H,17-18H2,1-2H3. The van der Waals surface area contributed by atoms with Gasteiger partial charge in [-0.25, -0.2) is 8.42 Å². The van der Waals surface area contributed by atoms with E-state index >= 15 is 0 Å². The molecule has 9 nitrogen and oxygen atoms in total. The van der Waals surface area contributed by atoms with Crippen molar-refractivity contribution in [1.29, 1.82) is 0 Å². The number of piperazine rings is 1. The van der Waals surface area contributed by atoms with E-state index in [2.05, 4.69) is 14.7 Å². The van der Waals surface area contributed by atoms with E-state index in [9.17, 15) is 18.0 Å². The number of sulfonamides is 1. The molecule has 3 heterocycles. The Labute approximate surface area is 222 Å². The van der Waals surface area contributed by atoms with E-state index in [0.29, 0.717) is 30.0 Å². The molecule has 2 aromatic rings. The molecule has 0 spiro atoms. The molecule has 5 rings (SSSR count). The predicted molar refractivity (Wildman–Crippen MR) is 147 cm³/mol. The van der Waals surface area contributed by atoms with E-state index in [-0.39, 0.29) is 23.9 Å². The molecular weight excluding hydrogens is 502 g/mol. The lowest BCUT2D eigenvalue weighted by Gasteiger charge is -2.44. The van der Waals surface area contributed by atoms with Crippen molar-refractivity contribution in [2.24, 2.45) is 4.99 Å². The first-order chi connectivity index (χ1) is 18.2. The highest BCUT2D eigenvalue weighted by Gasteiger charge is 2.37. The quantitative estimate of drug-likeness (QED) is 0.637. The van der Waals surface area contributed by atoms with Crippen molar-refractivity contribution in [2.75, 3.05) is 17.8 Å². The van der Waals surface area contributed by atoms with Crippen molar-refractivity contribution < 1.29 is 18.0 Å². The summed E-state index contributed by atoms with van der Waals surface area (Å²) in [6.45, 7) is 4.61. The van der Waals surface area contributed by atoms with Gasteiger partial charge in [-0.2, -0.15) is 0 Å². The van der Waals surface area contributed by atoms with E-state index < -0.39 is 21.3 Å². The molecule has 196 valence electrons. The SMILES string of the molecule is CC1CN(C(=O)c2ccc(NS(=O)(=O)C3C=CC=C4C=CC=NC43)cc2)CC(C)N1C(=O)c1ccccn1. The fraction of sp³-hybridized carbons (Fsp3) is 0.286. The van der Waals surface area contributed by atoms with Gasteiger partial charge in [0.2, 0.25) is 10.0 Å². The van der Waals surface area contributed by atoms with Gasteiger partial charge in [0.25, 0.3) is 11.8 Å². The van der Waals surface area contributed by atoms with Gasteiger partial charge in [-0.1, -0.05) is 30.4 Å². The summed E-state index contributed by atoms with van der Waals surface area (Å²) in [6, 6.07) is 10.8. The zero-order valence-corrected chi connectivity index (χ0v) is 22.0. The van der Waals surface area contributed by atoms with Gasteiger partial charge in [0.05, 0.1) is 6.04 Å². The first-order valence-corrected chi connectivity index (χ1v) is 14.0. The van der Waals surface area contributed by atoms with Gasteiger partial charge in [0.1, 0.15) is 10.9 Å². The Morgan fingerprint density at radius 2 is 1.71 bits per heavy atom. The number of allylic oxidation sites excluding steroid dienone is 3. The van der Waals surface area contributed by atoms with Crippen LogP contribution in [-0.2, 0) is 10.0 Å². The van der Waals surface area contributed by atoms with Crippen LogP contribution in [0.1, 0.15) is 34.7 Å². The molecule has 0 saturated carbocycles. The maximum absolute atomic E-state index is 13.3. The molecule has 1 aromatic carbocycles. The largest absolute Gasteiger partial charge is 0.335 e. The molecule has 1 saturated heterocycles. The topological polar surface area (TPSA) is 112 Å². The second kappa shape index (κ2) is 10.4. The lowest BCUT2D eigenvalue weighted by atomic mass is 9.97. The van der Waals surface area contributed by atoms with E-state index in [1.165, 1.54) is 0 Å². The van der Waals surface area contributed by atoms with Crippen LogP contribution < -0.4 is 4.72 Å². The van der Waals surface area contributed by atoms with Crippen molar-refractivity contribution in [2.45, 2.75) is 37.2 Å². The minimum Gasteiger partial charge on any atom is -0.335 e. The maximum atomic E-state index is 13.3. The summed E-state index contributed by atoms with van der Waals surface area (Å²) >= 11 is 0. The zero-order chi connectivity index (χ0) is 26.9. The minimum absolute atomic E-state index is 0.153. The second-order valence-corrected chi connectivity index (χ2v) is 11.5. The molecule has 1 N–H and O–H groups in total. The molecule has 4 unspecified atom stereocenters. The Hall–Kier alpha value is -4.05. The number of benzene rings is 1. The average Bonchev–Trinajstić information content (AvgIpc) is 2.92. The van der Waals surface area contributed by atoms with Crippen LogP contribution in [0.3, 0.4) is 0 Å². The molecule has 4 atom stereocenters. The summed E-state index contributed by atoms with van der Waals surface area (Å²) in [7, 11) is -3.78. The van der Waals surface area contributed by atoms with Crippen LogP contribution in [-0.4, -0.2) is 77.7 Å². The van der Waals surface area contributed by atoms with E-state index in [1.807, 2.05) is 26.0 Å².